The summed E-state index contributed by atoms with van der Waals surface area (Å²) in [4.78, 5) is 0. The van der Waals surface area contributed by atoms with Gasteiger partial charge in [0.25, 0.3) is 0 Å². The molecular formula is C36H30MgSn2. The fraction of sp³-hybridized carbons (Fsp3) is 0. The summed E-state index contributed by atoms with van der Waals surface area (Å²) in [6.45, 7) is 0. The summed E-state index contributed by atoms with van der Waals surface area (Å²) in [5.74, 6) is 0. The summed E-state index contributed by atoms with van der Waals surface area (Å²) < 4.78 is 9.18. The number of benzene rings is 6. The maximum absolute atomic E-state index is 2.29. The summed E-state index contributed by atoms with van der Waals surface area (Å²) in [5.41, 5.74) is 0. The van der Waals surface area contributed by atoms with E-state index in [2.05, 4.69) is 182 Å². The molecule has 0 atom stereocenters. The number of hydrogen-bond acceptors (Lipinski definition) is 0. The molecule has 0 aliphatic carbocycles. The maximum atomic E-state index is 2.29. The van der Waals surface area contributed by atoms with E-state index in [9.17, 15) is 0 Å². The summed E-state index contributed by atoms with van der Waals surface area (Å²) in [7, 11) is 0. The van der Waals surface area contributed by atoms with Gasteiger partial charge >= 0.3 is 243 Å². The van der Waals surface area contributed by atoms with Crippen molar-refractivity contribution in [1.29, 1.82) is 0 Å². The van der Waals surface area contributed by atoms with Gasteiger partial charge in [0, 0.05) is 23.1 Å². The summed E-state index contributed by atoms with van der Waals surface area (Å²) >= 11 is -3.96. The molecule has 0 spiro atoms. The van der Waals surface area contributed by atoms with Gasteiger partial charge in [-0.15, -0.1) is 0 Å². The Labute approximate surface area is 263 Å². The molecule has 0 N–H and O–H groups in total. The first kappa shape index (κ1) is 29.7. The molecule has 39 heavy (non-hydrogen) atoms. The van der Waals surface area contributed by atoms with Crippen molar-refractivity contribution in [3.63, 3.8) is 0 Å². The van der Waals surface area contributed by atoms with Gasteiger partial charge in [0.05, 0.1) is 0 Å². The van der Waals surface area contributed by atoms with Gasteiger partial charge in [0.2, 0.25) is 0 Å². The molecule has 3 heteroatoms. The van der Waals surface area contributed by atoms with Gasteiger partial charge in [-0.1, -0.05) is 0 Å². The molecule has 0 aliphatic rings. The van der Waals surface area contributed by atoms with E-state index in [1.165, 1.54) is 21.5 Å². The van der Waals surface area contributed by atoms with Crippen molar-refractivity contribution in [2.45, 2.75) is 0 Å². The standard InChI is InChI=1S/6C6H5.Mg.2Sn/c6*1-2-4-6-5-3-1;;;/h6*1-5H;;;. The molecule has 0 nitrogen and oxygen atoms in total. The number of rotatable bonds is 6. The van der Waals surface area contributed by atoms with Gasteiger partial charge in [0.15, 0.2) is 0 Å². The van der Waals surface area contributed by atoms with E-state index in [1.807, 2.05) is 0 Å². The third-order valence-electron chi connectivity index (χ3n) is 6.37. The van der Waals surface area contributed by atoms with E-state index in [1.54, 1.807) is 0 Å². The van der Waals surface area contributed by atoms with Crippen LogP contribution in [0.25, 0.3) is 0 Å². The van der Waals surface area contributed by atoms with E-state index >= 15 is 0 Å². The first-order chi connectivity index (χ1) is 18.9. The summed E-state index contributed by atoms with van der Waals surface area (Å²) in [6, 6.07) is 65.9. The SMILES string of the molecule is [Mg].c1cc[c]([Sn]([c]2ccccc2)[c]2ccccc2)cc1.c1cc[c]([Sn]([c]2ccccc2)[c]2ccccc2)cc1. The second kappa shape index (κ2) is 16.1. The third kappa shape index (κ3) is 8.34. The molecule has 0 aromatic heterocycles. The number of hydrogen-bond donors (Lipinski definition) is 0. The Hall–Kier alpha value is -2.32. The average Bonchev–Trinajstić information content (AvgIpc) is 3.01. The normalized spacial score (nSPS) is 10.3. The van der Waals surface area contributed by atoms with Crippen molar-refractivity contribution in [3.05, 3.63) is 182 Å². The van der Waals surface area contributed by atoms with Gasteiger partial charge in [-0.3, -0.25) is 0 Å². The van der Waals surface area contributed by atoms with Crippen LogP contribution in [0.1, 0.15) is 0 Å². The van der Waals surface area contributed by atoms with E-state index in [0.29, 0.717) is 0 Å². The van der Waals surface area contributed by atoms with Crippen molar-refractivity contribution < 1.29 is 0 Å². The average molecular weight is 724 g/mol. The van der Waals surface area contributed by atoms with Gasteiger partial charge < -0.3 is 0 Å². The third-order valence-corrected chi connectivity index (χ3v) is 22.0. The predicted molar refractivity (Wildman–Crippen MR) is 174 cm³/mol. The second-order valence-electron chi connectivity index (χ2n) is 8.95. The Morgan fingerprint density at radius 2 is 0.333 bits per heavy atom. The minimum atomic E-state index is -1.98. The zero-order valence-electron chi connectivity index (χ0n) is 22.0. The Balaban J connectivity index is 0.000000176. The van der Waals surface area contributed by atoms with Crippen LogP contribution in [0.4, 0.5) is 0 Å². The molecule has 0 aliphatic heterocycles. The fourth-order valence-electron chi connectivity index (χ4n) is 4.63. The molecule has 6 rings (SSSR count). The molecule has 6 aromatic rings. The molecule has 0 saturated heterocycles. The first-order valence-electron chi connectivity index (χ1n) is 13.0. The Morgan fingerprint density at radius 3 is 0.462 bits per heavy atom. The van der Waals surface area contributed by atoms with Crippen molar-refractivity contribution >= 4 is 84.0 Å². The molecule has 0 unspecified atom stereocenters. The van der Waals surface area contributed by atoms with Crippen molar-refractivity contribution in [2.75, 3.05) is 0 Å². The molecule has 0 saturated carbocycles. The molecule has 0 amide bonds. The fourth-order valence-corrected chi connectivity index (χ4v) is 19.3. The molecule has 184 valence electrons. The topological polar surface area (TPSA) is 0 Å². The molecular weight excluding hydrogens is 694 g/mol. The molecule has 4 radical (unpaired) electrons. The van der Waals surface area contributed by atoms with E-state index in [0.717, 1.165) is 0 Å². The van der Waals surface area contributed by atoms with Gasteiger partial charge in [-0.05, 0) is 0 Å². The summed E-state index contributed by atoms with van der Waals surface area (Å²) in [6.07, 6.45) is 0. The van der Waals surface area contributed by atoms with E-state index < -0.39 is 39.5 Å². The van der Waals surface area contributed by atoms with Crippen LogP contribution in [0, 0.1) is 0 Å². The van der Waals surface area contributed by atoms with Crippen LogP contribution in [-0.4, -0.2) is 62.6 Å². The van der Waals surface area contributed by atoms with Crippen LogP contribution in [0.5, 0.6) is 0 Å². The van der Waals surface area contributed by atoms with Crippen molar-refractivity contribution in [2.24, 2.45) is 0 Å². The minimum absolute atomic E-state index is 0. The molecule has 0 heterocycles. The first-order valence-corrected chi connectivity index (χ1v) is 21.5. The van der Waals surface area contributed by atoms with Crippen LogP contribution >= 0.6 is 0 Å². The van der Waals surface area contributed by atoms with Crippen molar-refractivity contribution in [1.82, 2.24) is 0 Å². The van der Waals surface area contributed by atoms with Gasteiger partial charge in [-0.2, -0.15) is 0 Å². The van der Waals surface area contributed by atoms with Gasteiger partial charge in [0.1, 0.15) is 0 Å². The zero-order chi connectivity index (χ0) is 25.8. The molecule has 0 bridgehead atoms. The second-order valence-corrected chi connectivity index (χ2v) is 23.1. The molecule has 0 fully saturated rings. The Morgan fingerprint density at radius 1 is 0.205 bits per heavy atom. The van der Waals surface area contributed by atoms with Crippen LogP contribution in [0.15, 0.2) is 182 Å². The Bertz CT molecular complexity index is 1170. The van der Waals surface area contributed by atoms with Crippen molar-refractivity contribution in [3.8, 4) is 0 Å². The van der Waals surface area contributed by atoms with E-state index in [-0.39, 0.29) is 23.1 Å². The van der Waals surface area contributed by atoms with Crippen LogP contribution < -0.4 is 21.5 Å². The monoisotopic (exact) mass is 726 g/mol. The van der Waals surface area contributed by atoms with E-state index in [4.69, 9.17) is 0 Å². The van der Waals surface area contributed by atoms with Gasteiger partial charge in [-0.25, -0.2) is 0 Å². The predicted octanol–water partition coefficient (Wildman–Crippen LogP) is 4.02. The quantitative estimate of drug-likeness (QED) is 0.228. The summed E-state index contributed by atoms with van der Waals surface area (Å²) in [5, 5.41) is 0. The Kier molecular flexibility index (Phi) is 12.2. The van der Waals surface area contributed by atoms with Crippen LogP contribution in [0.2, 0.25) is 0 Å². The van der Waals surface area contributed by atoms with Crippen LogP contribution in [0.3, 0.4) is 0 Å². The van der Waals surface area contributed by atoms with Crippen LogP contribution in [-0.2, 0) is 0 Å². The zero-order valence-corrected chi connectivity index (χ0v) is 29.2. The molecule has 6 aromatic carbocycles.